The molecule has 0 radical (unpaired) electrons. The lowest BCUT2D eigenvalue weighted by Crippen LogP contribution is -2.55. The highest BCUT2D eigenvalue weighted by atomic mass is 16.2. The molecular weight excluding hydrogens is 394 g/mol. The highest BCUT2D eigenvalue weighted by molar-refractivity contribution is 5.98. The van der Waals surface area contributed by atoms with E-state index in [0.29, 0.717) is 12.1 Å². The Hall–Kier alpha value is -3.20. The number of para-hydroxylation sites is 2. The van der Waals surface area contributed by atoms with Crippen LogP contribution in [0.15, 0.2) is 41.6 Å². The summed E-state index contributed by atoms with van der Waals surface area (Å²) in [5, 5.41) is 0. The summed E-state index contributed by atoms with van der Waals surface area (Å²) in [5.74, 6) is 0.125. The molecule has 2 aliphatic heterocycles. The van der Waals surface area contributed by atoms with Gasteiger partial charge in [0.2, 0.25) is 0 Å². The first kappa shape index (κ1) is 19.7. The van der Waals surface area contributed by atoms with Crippen molar-refractivity contribution >= 4 is 22.8 Å². The third-order valence-electron chi connectivity index (χ3n) is 6.62. The molecule has 31 heavy (non-hydrogen) atoms. The van der Waals surface area contributed by atoms with Crippen molar-refractivity contribution in [3.05, 3.63) is 52.8 Å². The summed E-state index contributed by atoms with van der Waals surface area (Å²) >= 11 is 0. The molecule has 1 unspecified atom stereocenters. The van der Waals surface area contributed by atoms with Crippen molar-refractivity contribution in [3.8, 4) is 0 Å². The summed E-state index contributed by atoms with van der Waals surface area (Å²) in [5.41, 5.74) is 8.09. The Morgan fingerprint density at radius 3 is 2.71 bits per heavy atom. The number of amides is 1. The maximum atomic E-state index is 13.2. The molecule has 3 N–H and O–H groups in total. The second-order valence-electron chi connectivity index (χ2n) is 8.38. The number of hydrogen-bond acceptors (Lipinski definition) is 6. The molecular formula is C22H27N7O2. The number of hydrogen-bond donors (Lipinski definition) is 2. The number of aromatic nitrogens is 4. The lowest BCUT2D eigenvalue weighted by molar-refractivity contribution is 0.00122. The van der Waals surface area contributed by atoms with Crippen LogP contribution in [0.4, 0.5) is 5.82 Å². The summed E-state index contributed by atoms with van der Waals surface area (Å²) < 4.78 is 1.90. The fraction of sp³-hybridized carbons (Fsp3) is 0.455. The quantitative estimate of drug-likeness (QED) is 0.669. The van der Waals surface area contributed by atoms with Gasteiger partial charge in [0, 0.05) is 31.9 Å². The standard InChI is InChI=1S/C22H27N7O2/c23-20-16(13-24-14-25-20)21(30)28-10-4-3-7-19(28)27-11-8-15(9-12-27)29-18-6-2-1-5-17(18)26-22(29)31/h1-2,5-6,13-15,19H,3-4,7-12H2,(H,26,31)(H2,23,24,25). The topological polar surface area (TPSA) is 113 Å². The average molecular weight is 422 g/mol. The number of nitrogens with zero attached hydrogens (tertiary/aromatic N) is 5. The van der Waals surface area contributed by atoms with E-state index in [-0.39, 0.29) is 29.6 Å². The molecule has 9 heteroatoms. The zero-order valence-electron chi connectivity index (χ0n) is 17.4. The number of anilines is 1. The molecule has 3 aromatic rings. The first-order valence-corrected chi connectivity index (χ1v) is 10.9. The van der Waals surface area contributed by atoms with Gasteiger partial charge in [-0.3, -0.25) is 14.3 Å². The zero-order chi connectivity index (χ0) is 21.4. The maximum Gasteiger partial charge on any atom is 0.326 e. The Kier molecular flexibility index (Phi) is 5.19. The van der Waals surface area contributed by atoms with E-state index in [1.54, 1.807) is 0 Å². The van der Waals surface area contributed by atoms with Crippen molar-refractivity contribution in [1.82, 2.24) is 29.3 Å². The van der Waals surface area contributed by atoms with Gasteiger partial charge in [-0.15, -0.1) is 0 Å². The first-order chi connectivity index (χ1) is 15.1. The molecule has 162 valence electrons. The van der Waals surface area contributed by atoms with Gasteiger partial charge in [-0.1, -0.05) is 12.1 Å². The number of nitrogens with one attached hydrogen (secondary N) is 1. The van der Waals surface area contributed by atoms with E-state index in [1.165, 1.54) is 12.5 Å². The second kappa shape index (κ2) is 8.14. The van der Waals surface area contributed by atoms with Crippen molar-refractivity contribution < 1.29 is 4.79 Å². The second-order valence-corrected chi connectivity index (χ2v) is 8.38. The number of nitrogens with two attached hydrogens (primary N) is 1. The van der Waals surface area contributed by atoms with Gasteiger partial charge < -0.3 is 15.6 Å². The molecule has 0 bridgehead atoms. The van der Waals surface area contributed by atoms with Gasteiger partial charge in [-0.2, -0.15) is 0 Å². The number of H-pyrrole nitrogens is 1. The Morgan fingerprint density at radius 1 is 1.10 bits per heavy atom. The number of rotatable bonds is 3. The van der Waals surface area contributed by atoms with Crippen LogP contribution in [0.1, 0.15) is 48.5 Å². The van der Waals surface area contributed by atoms with Crippen LogP contribution in [0.25, 0.3) is 11.0 Å². The molecule has 2 aliphatic rings. The van der Waals surface area contributed by atoms with E-state index in [0.717, 1.165) is 56.2 Å². The Labute approximate surface area is 179 Å². The van der Waals surface area contributed by atoms with Crippen LogP contribution in [-0.2, 0) is 0 Å². The molecule has 1 atom stereocenters. The van der Waals surface area contributed by atoms with Crippen molar-refractivity contribution in [1.29, 1.82) is 0 Å². The number of benzene rings is 1. The van der Waals surface area contributed by atoms with E-state index in [1.807, 2.05) is 33.7 Å². The molecule has 5 rings (SSSR count). The van der Waals surface area contributed by atoms with Crippen LogP contribution < -0.4 is 11.4 Å². The fourth-order valence-electron chi connectivity index (χ4n) is 5.07. The Morgan fingerprint density at radius 2 is 1.90 bits per heavy atom. The van der Waals surface area contributed by atoms with E-state index in [4.69, 9.17) is 5.73 Å². The number of imidazole rings is 1. The predicted molar refractivity (Wildman–Crippen MR) is 118 cm³/mol. The van der Waals surface area contributed by atoms with Crippen LogP contribution in [0.3, 0.4) is 0 Å². The molecule has 0 saturated carbocycles. The number of carbonyl (C=O) groups excluding carboxylic acids is 1. The summed E-state index contributed by atoms with van der Waals surface area (Å²) in [4.78, 5) is 41.0. The van der Waals surface area contributed by atoms with Crippen LogP contribution in [0, 0.1) is 0 Å². The van der Waals surface area contributed by atoms with Gasteiger partial charge in [0.15, 0.2) is 0 Å². The van der Waals surface area contributed by atoms with Gasteiger partial charge in [0.05, 0.1) is 17.2 Å². The first-order valence-electron chi connectivity index (χ1n) is 10.9. The van der Waals surface area contributed by atoms with E-state index in [2.05, 4.69) is 19.9 Å². The number of likely N-dealkylation sites (tertiary alicyclic amines) is 2. The van der Waals surface area contributed by atoms with E-state index in [9.17, 15) is 9.59 Å². The molecule has 0 aliphatic carbocycles. The van der Waals surface area contributed by atoms with Crippen molar-refractivity contribution in [2.24, 2.45) is 0 Å². The minimum atomic E-state index is -0.0993. The van der Waals surface area contributed by atoms with Crippen molar-refractivity contribution in [2.45, 2.75) is 44.3 Å². The van der Waals surface area contributed by atoms with Crippen molar-refractivity contribution in [3.63, 3.8) is 0 Å². The molecule has 1 aromatic carbocycles. The lowest BCUT2D eigenvalue weighted by atomic mass is 10.00. The number of piperidine rings is 2. The molecule has 4 heterocycles. The zero-order valence-corrected chi connectivity index (χ0v) is 17.4. The summed E-state index contributed by atoms with van der Waals surface area (Å²) in [6.45, 7) is 2.39. The van der Waals surface area contributed by atoms with E-state index >= 15 is 0 Å². The summed E-state index contributed by atoms with van der Waals surface area (Å²) in [6, 6.07) is 7.99. The van der Waals surface area contributed by atoms with Gasteiger partial charge in [-0.05, 0) is 44.2 Å². The number of fused-ring (bicyclic) bond motifs is 1. The van der Waals surface area contributed by atoms with E-state index < -0.39 is 0 Å². The lowest BCUT2D eigenvalue weighted by Gasteiger charge is -2.45. The molecule has 2 fully saturated rings. The summed E-state index contributed by atoms with van der Waals surface area (Å²) in [7, 11) is 0. The van der Waals surface area contributed by atoms with Crippen LogP contribution >= 0.6 is 0 Å². The van der Waals surface area contributed by atoms with Crippen molar-refractivity contribution in [2.75, 3.05) is 25.4 Å². The fourth-order valence-corrected chi connectivity index (χ4v) is 5.07. The Bertz CT molecular complexity index is 1150. The molecule has 2 aromatic heterocycles. The number of nitrogen functional groups attached to an aromatic ring is 1. The normalized spacial score (nSPS) is 20.9. The minimum Gasteiger partial charge on any atom is -0.383 e. The third-order valence-corrected chi connectivity index (χ3v) is 6.62. The molecule has 1 amide bonds. The highest BCUT2D eigenvalue weighted by Crippen LogP contribution is 2.30. The van der Waals surface area contributed by atoms with Gasteiger partial charge in [-0.25, -0.2) is 14.8 Å². The Balaban J connectivity index is 1.33. The monoisotopic (exact) mass is 421 g/mol. The number of carbonyl (C=O) groups is 1. The van der Waals surface area contributed by atoms with Crippen LogP contribution in [0.5, 0.6) is 0 Å². The minimum absolute atomic E-state index is 0.0431. The molecule has 9 nitrogen and oxygen atoms in total. The highest BCUT2D eigenvalue weighted by Gasteiger charge is 2.35. The van der Waals surface area contributed by atoms with Gasteiger partial charge in [0.1, 0.15) is 17.7 Å². The smallest absolute Gasteiger partial charge is 0.326 e. The van der Waals surface area contributed by atoms with Gasteiger partial charge >= 0.3 is 5.69 Å². The largest absolute Gasteiger partial charge is 0.383 e. The SMILES string of the molecule is Nc1ncncc1C(=O)N1CCCCC1N1CCC(n2c(=O)[nH]c3ccccc32)CC1. The molecule has 2 saturated heterocycles. The van der Waals surface area contributed by atoms with Crippen LogP contribution in [-0.4, -0.2) is 61.0 Å². The third kappa shape index (κ3) is 3.59. The average Bonchev–Trinajstić information content (AvgIpc) is 3.15. The van der Waals surface area contributed by atoms with Gasteiger partial charge in [0.25, 0.3) is 5.91 Å². The van der Waals surface area contributed by atoms with Crippen LogP contribution in [0.2, 0.25) is 0 Å². The predicted octanol–water partition coefficient (Wildman–Crippen LogP) is 1.99. The summed E-state index contributed by atoms with van der Waals surface area (Å²) in [6.07, 6.45) is 7.67. The molecule has 0 spiro atoms. The maximum absolute atomic E-state index is 13.2. The number of aromatic amines is 1.